The molecule has 3 rings (SSSR count). The van der Waals surface area contributed by atoms with Crippen LogP contribution in [-0.4, -0.2) is 60.9 Å². The number of ether oxygens (including phenoxy) is 1. The standard InChI is InChI=1S/C23H31N3O5S/c1-4-25(5-2)32(29,30)21-11-12-22(27)24(16-21)17-23(28)26-13-7-9-19(26)14-18-8-6-10-20(15-18)31-3/h6,8,10-12,15-16,19H,4-5,7,9,13-14,17H2,1-3H3. The molecule has 1 amide bonds. The summed E-state index contributed by atoms with van der Waals surface area (Å²) in [5.74, 6) is 0.589. The van der Waals surface area contributed by atoms with Crippen molar-refractivity contribution in [2.24, 2.45) is 0 Å². The summed E-state index contributed by atoms with van der Waals surface area (Å²) >= 11 is 0. The van der Waals surface area contributed by atoms with Crippen LogP contribution in [0.3, 0.4) is 0 Å². The van der Waals surface area contributed by atoms with Crippen molar-refractivity contribution in [3.8, 4) is 5.75 Å². The predicted molar refractivity (Wildman–Crippen MR) is 122 cm³/mol. The van der Waals surface area contributed by atoms with E-state index in [-0.39, 0.29) is 23.4 Å². The second-order valence-electron chi connectivity index (χ2n) is 7.86. The fourth-order valence-corrected chi connectivity index (χ4v) is 5.66. The summed E-state index contributed by atoms with van der Waals surface area (Å²) in [6, 6.07) is 10.3. The maximum Gasteiger partial charge on any atom is 0.251 e. The van der Waals surface area contributed by atoms with E-state index in [0.29, 0.717) is 26.1 Å². The van der Waals surface area contributed by atoms with Crippen LogP contribution in [0.25, 0.3) is 0 Å². The molecule has 32 heavy (non-hydrogen) atoms. The minimum atomic E-state index is -3.72. The third-order valence-electron chi connectivity index (χ3n) is 5.91. The van der Waals surface area contributed by atoms with Gasteiger partial charge in [-0.25, -0.2) is 8.42 Å². The molecule has 1 aromatic carbocycles. The molecule has 0 N–H and O–H groups in total. The van der Waals surface area contributed by atoms with Crippen molar-refractivity contribution in [2.45, 2.75) is 50.6 Å². The minimum Gasteiger partial charge on any atom is -0.497 e. The monoisotopic (exact) mass is 461 g/mol. The summed E-state index contributed by atoms with van der Waals surface area (Å²) < 4.78 is 33.4. The molecule has 1 saturated heterocycles. The van der Waals surface area contributed by atoms with Gasteiger partial charge in [0.2, 0.25) is 15.9 Å². The zero-order valence-electron chi connectivity index (χ0n) is 18.9. The quantitative estimate of drug-likeness (QED) is 0.571. The van der Waals surface area contributed by atoms with Gasteiger partial charge in [-0.15, -0.1) is 0 Å². The van der Waals surface area contributed by atoms with E-state index in [4.69, 9.17) is 4.74 Å². The Morgan fingerprint density at radius 2 is 1.94 bits per heavy atom. The smallest absolute Gasteiger partial charge is 0.251 e. The summed E-state index contributed by atoms with van der Waals surface area (Å²) in [6.07, 6.45) is 3.76. The first-order valence-electron chi connectivity index (χ1n) is 10.9. The van der Waals surface area contributed by atoms with E-state index < -0.39 is 15.6 Å². The number of aromatic nitrogens is 1. The Morgan fingerprint density at radius 3 is 2.62 bits per heavy atom. The van der Waals surface area contributed by atoms with Crippen LogP contribution in [0.4, 0.5) is 0 Å². The molecule has 1 aliphatic heterocycles. The fourth-order valence-electron chi connectivity index (χ4n) is 4.18. The van der Waals surface area contributed by atoms with Crippen LogP contribution >= 0.6 is 0 Å². The molecular formula is C23H31N3O5S. The number of carbonyl (C=O) groups excluding carboxylic acids is 1. The number of benzene rings is 1. The van der Waals surface area contributed by atoms with Crippen molar-refractivity contribution >= 4 is 15.9 Å². The number of methoxy groups -OCH3 is 1. The van der Waals surface area contributed by atoms with E-state index in [1.165, 1.54) is 27.2 Å². The molecule has 0 bridgehead atoms. The molecule has 0 spiro atoms. The van der Waals surface area contributed by atoms with Crippen molar-refractivity contribution < 1.29 is 17.9 Å². The van der Waals surface area contributed by atoms with Crippen LogP contribution in [0.15, 0.2) is 52.3 Å². The average molecular weight is 462 g/mol. The van der Waals surface area contributed by atoms with Gasteiger partial charge in [-0.05, 0) is 43.0 Å². The topological polar surface area (TPSA) is 88.9 Å². The highest BCUT2D eigenvalue weighted by Gasteiger charge is 2.29. The van der Waals surface area contributed by atoms with Gasteiger partial charge < -0.3 is 14.2 Å². The number of pyridine rings is 1. The first-order valence-corrected chi connectivity index (χ1v) is 12.4. The Bertz CT molecular complexity index is 1110. The van der Waals surface area contributed by atoms with Crippen LogP contribution in [0.2, 0.25) is 0 Å². The molecular weight excluding hydrogens is 430 g/mol. The number of likely N-dealkylation sites (tertiary alicyclic amines) is 1. The molecule has 1 aliphatic rings. The van der Waals surface area contributed by atoms with Crippen LogP contribution < -0.4 is 10.3 Å². The molecule has 174 valence electrons. The number of hydrogen-bond acceptors (Lipinski definition) is 5. The van der Waals surface area contributed by atoms with E-state index >= 15 is 0 Å². The highest BCUT2D eigenvalue weighted by molar-refractivity contribution is 7.89. The minimum absolute atomic E-state index is 0.0166. The van der Waals surface area contributed by atoms with Gasteiger partial charge in [0.05, 0.1) is 12.0 Å². The highest BCUT2D eigenvalue weighted by Crippen LogP contribution is 2.23. The van der Waals surface area contributed by atoms with E-state index in [1.807, 2.05) is 24.3 Å². The zero-order valence-corrected chi connectivity index (χ0v) is 19.7. The summed E-state index contributed by atoms with van der Waals surface area (Å²) in [5, 5.41) is 0. The summed E-state index contributed by atoms with van der Waals surface area (Å²) in [4.78, 5) is 27.3. The molecule has 9 heteroatoms. The zero-order chi connectivity index (χ0) is 23.3. The SMILES string of the molecule is CCN(CC)S(=O)(=O)c1ccc(=O)n(CC(=O)N2CCCC2Cc2cccc(OC)c2)c1. The second-order valence-corrected chi connectivity index (χ2v) is 9.80. The van der Waals surface area contributed by atoms with Crippen LogP contribution in [0.5, 0.6) is 5.75 Å². The lowest BCUT2D eigenvalue weighted by atomic mass is 10.0. The fraction of sp³-hybridized carbons (Fsp3) is 0.478. The average Bonchev–Trinajstić information content (AvgIpc) is 3.24. The lowest BCUT2D eigenvalue weighted by Gasteiger charge is -2.25. The molecule has 8 nitrogen and oxygen atoms in total. The number of nitrogens with zero attached hydrogens (tertiary/aromatic N) is 3. The third kappa shape index (κ3) is 5.21. The maximum absolute atomic E-state index is 13.1. The third-order valence-corrected chi connectivity index (χ3v) is 7.94. The second kappa shape index (κ2) is 10.3. The summed E-state index contributed by atoms with van der Waals surface area (Å²) in [6.45, 7) is 4.62. The lowest BCUT2D eigenvalue weighted by molar-refractivity contribution is -0.132. The van der Waals surface area contributed by atoms with Crippen LogP contribution in [-0.2, 0) is 27.8 Å². The maximum atomic E-state index is 13.1. The van der Waals surface area contributed by atoms with E-state index in [0.717, 1.165) is 24.2 Å². The number of amides is 1. The Labute approximate surface area is 189 Å². The van der Waals surface area contributed by atoms with E-state index in [9.17, 15) is 18.0 Å². The van der Waals surface area contributed by atoms with Gasteiger partial charge in [0.15, 0.2) is 0 Å². The van der Waals surface area contributed by atoms with E-state index in [2.05, 4.69) is 0 Å². The molecule has 0 aliphatic carbocycles. The Balaban J connectivity index is 1.78. The van der Waals surface area contributed by atoms with Gasteiger partial charge in [0.1, 0.15) is 12.3 Å². The summed E-state index contributed by atoms with van der Waals surface area (Å²) in [7, 11) is -2.09. The number of sulfonamides is 1. The first kappa shape index (κ1) is 24.0. The van der Waals surface area contributed by atoms with Gasteiger partial charge >= 0.3 is 0 Å². The van der Waals surface area contributed by atoms with E-state index in [1.54, 1.807) is 25.9 Å². The number of rotatable bonds is 9. The normalized spacial score (nSPS) is 16.5. The molecule has 0 saturated carbocycles. The molecule has 0 radical (unpaired) electrons. The van der Waals surface area contributed by atoms with Crippen LogP contribution in [0.1, 0.15) is 32.3 Å². The lowest BCUT2D eigenvalue weighted by Crippen LogP contribution is -2.40. The molecule has 2 heterocycles. The first-order chi connectivity index (χ1) is 15.3. The van der Waals surface area contributed by atoms with Crippen molar-refractivity contribution in [3.63, 3.8) is 0 Å². The molecule has 1 atom stereocenters. The Kier molecular flexibility index (Phi) is 7.73. The Morgan fingerprint density at radius 1 is 1.19 bits per heavy atom. The molecule has 1 aromatic heterocycles. The van der Waals surface area contributed by atoms with Crippen molar-refractivity contribution in [1.82, 2.24) is 13.8 Å². The highest BCUT2D eigenvalue weighted by atomic mass is 32.2. The predicted octanol–water partition coefficient (Wildman–Crippen LogP) is 2.12. The summed E-state index contributed by atoms with van der Waals surface area (Å²) in [5.41, 5.74) is 0.680. The molecule has 1 unspecified atom stereocenters. The molecule has 1 fully saturated rings. The van der Waals surface area contributed by atoms with Gasteiger partial charge in [-0.2, -0.15) is 4.31 Å². The van der Waals surface area contributed by atoms with Gasteiger partial charge in [0.25, 0.3) is 5.56 Å². The van der Waals surface area contributed by atoms with Crippen LogP contribution in [0, 0.1) is 0 Å². The van der Waals surface area contributed by atoms with Crippen molar-refractivity contribution in [2.75, 3.05) is 26.7 Å². The number of hydrogen-bond donors (Lipinski definition) is 0. The number of carbonyl (C=O) groups is 1. The van der Waals surface area contributed by atoms with Gasteiger partial charge in [-0.3, -0.25) is 9.59 Å². The van der Waals surface area contributed by atoms with Gasteiger partial charge in [-0.1, -0.05) is 26.0 Å². The molecule has 2 aromatic rings. The Hall–Kier alpha value is -2.65. The van der Waals surface area contributed by atoms with Gasteiger partial charge in [0, 0.05) is 37.9 Å². The largest absolute Gasteiger partial charge is 0.497 e. The van der Waals surface area contributed by atoms with Crippen molar-refractivity contribution in [3.05, 3.63) is 58.5 Å². The van der Waals surface area contributed by atoms with Crippen molar-refractivity contribution in [1.29, 1.82) is 0 Å².